The molecule has 0 bridgehead atoms. The van der Waals surface area contributed by atoms with Gasteiger partial charge in [0, 0.05) is 33.8 Å². The molecule has 0 saturated carbocycles. The Hall–Kier alpha value is -2.86. The number of nitrogens with zero attached hydrogens (tertiary/aromatic N) is 2. The van der Waals surface area contributed by atoms with Gasteiger partial charge in [0.15, 0.2) is 11.6 Å². The first kappa shape index (κ1) is 21.8. The molecule has 152 valence electrons. The molecule has 0 spiro atoms. The molecule has 3 aromatic rings. The van der Waals surface area contributed by atoms with Gasteiger partial charge < -0.3 is 5.43 Å². The molecule has 0 saturated heterocycles. The standard InChI is InChI=1S/C22H17Cl3N4O/c23-17-5-1-15(2-6-17)3-9-20(30)11-12-26-28-22-10-8-19(27-29-22)13-16-4-7-18(24)14-21(16)25/h1-12,14,26H,13H2,(H,28,29). The number of carbonyl (C=O) groups excluding carboxylic acids is 1. The topological polar surface area (TPSA) is 66.9 Å². The second-order valence-corrected chi connectivity index (χ2v) is 7.49. The fourth-order valence-corrected chi connectivity index (χ4v) is 3.03. The van der Waals surface area contributed by atoms with Gasteiger partial charge in [-0.3, -0.25) is 10.2 Å². The predicted octanol–water partition coefficient (Wildman–Crippen LogP) is 5.74. The van der Waals surface area contributed by atoms with E-state index in [1.807, 2.05) is 24.3 Å². The van der Waals surface area contributed by atoms with Crippen LogP contribution in [-0.4, -0.2) is 16.0 Å². The molecular formula is C22H17Cl3N4O. The fourth-order valence-electron chi connectivity index (χ4n) is 2.43. The molecule has 30 heavy (non-hydrogen) atoms. The van der Waals surface area contributed by atoms with E-state index in [9.17, 15) is 4.79 Å². The van der Waals surface area contributed by atoms with Crippen LogP contribution in [0.4, 0.5) is 5.82 Å². The lowest BCUT2D eigenvalue weighted by Gasteiger charge is -2.06. The Morgan fingerprint density at radius 1 is 0.900 bits per heavy atom. The van der Waals surface area contributed by atoms with E-state index >= 15 is 0 Å². The van der Waals surface area contributed by atoms with E-state index in [4.69, 9.17) is 34.8 Å². The van der Waals surface area contributed by atoms with E-state index in [1.165, 1.54) is 18.4 Å². The van der Waals surface area contributed by atoms with Crippen LogP contribution in [0.5, 0.6) is 0 Å². The minimum absolute atomic E-state index is 0.166. The lowest BCUT2D eigenvalue weighted by atomic mass is 10.1. The van der Waals surface area contributed by atoms with Gasteiger partial charge in [-0.05, 0) is 53.6 Å². The van der Waals surface area contributed by atoms with E-state index in [2.05, 4.69) is 21.0 Å². The molecule has 0 amide bonds. The zero-order valence-electron chi connectivity index (χ0n) is 15.6. The summed E-state index contributed by atoms with van der Waals surface area (Å²) in [6.45, 7) is 0. The highest BCUT2D eigenvalue weighted by Gasteiger charge is 2.04. The van der Waals surface area contributed by atoms with Crippen LogP contribution in [-0.2, 0) is 11.2 Å². The number of halogens is 3. The molecule has 0 aliphatic heterocycles. The molecule has 0 aliphatic rings. The van der Waals surface area contributed by atoms with Gasteiger partial charge in [0.05, 0.1) is 5.69 Å². The average Bonchev–Trinajstić information content (AvgIpc) is 2.74. The molecule has 2 aromatic carbocycles. The molecule has 3 rings (SSSR count). The van der Waals surface area contributed by atoms with E-state index in [1.54, 1.807) is 36.4 Å². The van der Waals surface area contributed by atoms with Crippen molar-refractivity contribution in [3.8, 4) is 0 Å². The highest BCUT2D eigenvalue weighted by atomic mass is 35.5. The highest BCUT2D eigenvalue weighted by molar-refractivity contribution is 6.35. The van der Waals surface area contributed by atoms with Crippen molar-refractivity contribution in [2.45, 2.75) is 6.42 Å². The number of aromatic nitrogens is 2. The van der Waals surface area contributed by atoms with Crippen LogP contribution in [0, 0.1) is 0 Å². The van der Waals surface area contributed by atoms with Gasteiger partial charge in [-0.1, -0.05) is 59.1 Å². The number of ketones is 1. The van der Waals surface area contributed by atoms with E-state index < -0.39 is 0 Å². The van der Waals surface area contributed by atoms with Crippen molar-refractivity contribution in [2.75, 3.05) is 5.43 Å². The summed E-state index contributed by atoms with van der Waals surface area (Å²) < 4.78 is 0. The van der Waals surface area contributed by atoms with Crippen LogP contribution in [0.3, 0.4) is 0 Å². The zero-order chi connectivity index (χ0) is 21.3. The van der Waals surface area contributed by atoms with Crippen LogP contribution < -0.4 is 10.9 Å². The van der Waals surface area contributed by atoms with Gasteiger partial charge in [0.1, 0.15) is 0 Å². The first-order valence-electron chi connectivity index (χ1n) is 8.92. The number of benzene rings is 2. The monoisotopic (exact) mass is 458 g/mol. The van der Waals surface area contributed by atoms with E-state index in [-0.39, 0.29) is 5.78 Å². The Bertz CT molecular complexity index is 1060. The SMILES string of the molecule is O=C(C=CNNc1ccc(Cc2ccc(Cl)cc2Cl)nn1)C=Cc1ccc(Cl)cc1. The Morgan fingerprint density at radius 2 is 1.67 bits per heavy atom. The molecule has 0 unspecified atom stereocenters. The maximum Gasteiger partial charge on any atom is 0.180 e. The van der Waals surface area contributed by atoms with Gasteiger partial charge >= 0.3 is 0 Å². The third kappa shape index (κ3) is 6.88. The van der Waals surface area contributed by atoms with Gasteiger partial charge in [-0.2, -0.15) is 5.10 Å². The van der Waals surface area contributed by atoms with Gasteiger partial charge in [-0.25, -0.2) is 0 Å². The number of nitrogens with one attached hydrogen (secondary N) is 2. The van der Waals surface area contributed by atoms with Crippen LogP contribution in [0.1, 0.15) is 16.8 Å². The largest absolute Gasteiger partial charge is 0.307 e. The number of rotatable bonds is 8. The van der Waals surface area contributed by atoms with Crippen LogP contribution in [0.2, 0.25) is 15.1 Å². The van der Waals surface area contributed by atoms with Crippen molar-refractivity contribution in [3.05, 3.63) is 105 Å². The van der Waals surface area contributed by atoms with Crippen molar-refractivity contribution in [1.29, 1.82) is 0 Å². The molecule has 1 heterocycles. The van der Waals surface area contributed by atoms with Crippen molar-refractivity contribution < 1.29 is 4.79 Å². The van der Waals surface area contributed by atoms with Crippen molar-refractivity contribution in [1.82, 2.24) is 15.6 Å². The number of anilines is 1. The molecule has 0 radical (unpaired) electrons. The van der Waals surface area contributed by atoms with Crippen LogP contribution in [0.25, 0.3) is 6.08 Å². The summed E-state index contributed by atoms with van der Waals surface area (Å²) in [5.41, 5.74) is 8.20. The smallest absolute Gasteiger partial charge is 0.180 e. The summed E-state index contributed by atoms with van der Waals surface area (Å²) in [4.78, 5) is 11.8. The minimum Gasteiger partial charge on any atom is -0.307 e. The van der Waals surface area contributed by atoms with E-state index in [0.29, 0.717) is 27.3 Å². The summed E-state index contributed by atoms with van der Waals surface area (Å²) >= 11 is 17.9. The second-order valence-electron chi connectivity index (χ2n) is 6.21. The lowest BCUT2D eigenvalue weighted by Crippen LogP contribution is -2.16. The van der Waals surface area contributed by atoms with Gasteiger partial charge in [0.2, 0.25) is 0 Å². The van der Waals surface area contributed by atoms with E-state index in [0.717, 1.165) is 16.8 Å². The Morgan fingerprint density at radius 3 is 2.37 bits per heavy atom. The number of hydrogen-bond acceptors (Lipinski definition) is 5. The molecule has 5 nitrogen and oxygen atoms in total. The summed E-state index contributed by atoms with van der Waals surface area (Å²) in [6.07, 6.45) is 6.61. The van der Waals surface area contributed by atoms with Crippen molar-refractivity contribution in [3.63, 3.8) is 0 Å². The predicted molar refractivity (Wildman–Crippen MR) is 123 cm³/mol. The maximum absolute atomic E-state index is 11.8. The quantitative estimate of drug-likeness (QED) is 0.332. The molecule has 2 N–H and O–H groups in total. The zero-order valence-corrected chi connectivity index (χ0v) is 17.9. The number of hydrazine groups is 1. The Labute approximate surface area is 189 Å². The molecule has 8 heteroatoms. The molecule has 1 aromatic heterocycles. The normalized spacial score (nSPS) is 11.2. The number of carbonyl (C=O) groups is 1. The first-order valence-corrected chi connectivity index (χ1v) is 10.1. The number of hydrogen-bond donors (Lipinski definition) is 2. The number of allylic oxidation sites excluding steroid dienone is 2. The minimum atomic E-state index is -0.166. The van der Waals surface area contributed by atoms with Crippen LogP contribution in [0.15, 0.2) is 72.9 Å². The van der Waals surface area contributed by atoms with Crippen LogP contribution >= 0.6 is 34.8 Å². The highest BCUT2D eigenvalue weighted by Crippen LogP contribution is 2.22. The molecule has 0 fully saturated rings. The van der Waals surface area contributed by atoms with Crippen molar-refractivity contribution >= 4 is 52.5 Å². The second kappa shape index (κ2) is 10.8. The van der Waals surface area contributed by atoms with Crippen molar-refractivity contribution in [2.24, 2.45) is 0 Å². The Balaban J connectivity index is 1.46. The summed E-state index contributed by atoms with van der Waals surface area (Å²) in [7, 11) is 0. The van der Waals surface area contributed by atoms with Gasteiger partial charge in [0.25, 0.3) is 0 Å². The van der Waals surface area contributed by atoms with Gasteiger partial charge in [-0.15, -0.1) is 5.10 Å². The third-order valence-electron chi connectivity index (χ3n) is 3.95. The fraction of sp³-hybridized carbons (Fsp3) is 0.0455. The summed E-state index contributed by atoms with van der Waals surface area (Å²) in [5, 5.41) is 10.1. The average molecular weight is 460 g/mol. The first-order chi connectivity index (χ1) is 14.5. The molecule has 0 atom stereocenters. The maximum atomic E-state index is 11.8. The lowest BCUT2D eigenvalue weighted by molar-refractivity contribution is -0.110. The third-order valence-corrected chi connectivity index (χ3v) is 4.79. The summed E-state index contributed by atoms with van der Waals surface area (Å²) in [6, 6.07) is 16.2. The Kier molecular flexibility index (Phi) is 7.85. The molecular weight excluding hydrogens is 443 g/mol. The summed E-state index contributed by atoms with van der Waals surface area (Å²) in [5.74, 6) is 0.343. The molecule has 0 aliphatic carbocycles.